The quantitative estimate of drug-likeness (QED) is 0.838. The minimum atomic E-state index is -3.25. The standard InChI is InChI=1S/C18H20F3N3O2/c1-3-13-14(17-25-7-8-26-17)16(24-10-23-13)22-9-11-5-4-6-12(15(11)19)18(2,20)21/h4-6,10,17H,3,7-9H2,1-2H3,(H,22,23,24). The summed E-state index contributed by atoms with van der Waals surface area (Å²) in [6, 6.07) is 3.96. The zero-order chi connectivity index (χ0) is 18.7. The Morgan fingerprint density at radius 1 is 1.23 bits per heavy atom. The predicted molar refractivity (Wildman–Crippen MR) is 89.3 cm³/mol. The molecule has 1 N–H and O–H groups in total. The SMILES string of the molecule is CCc1ncnc(NCc2cccc(C(C)(F)F)c2F)c1C1OCCO1. The number of ether oxygens (including phenoxy) is 2. The van der Waals surface area contributed by atoms with Crippen molar-refractivity contribution < 1.29 is 22.6 Å². The molecule has 0 spiro atoms. The summed E-state index contributed by atoms with van der Waals surface area (Å²) in [5.41, 5.74) is 0.907. The summed E-state index contributed by atoms with van der Waals surface area (Å²) in [4.78, 5) is 8.43. The van der Waals surface area contributed by atoms with Crippen LogP contribution in [0.5, 0.6) is 0 Å². The highest BCUT2D eigenvalue weighted by atomic mass is 19.3. The highest BCUT2D eigenvalue weighted by molar-refractivity contribution is 5.48. The molecule has 0 amide bonds. The highest BCUT2D eigenvalue weighted by Crippen LogP contribution is 2.33. The van der Waals surface area contributed by atoms with Crippen LogP contribution in [0.25, 0.3) is 0 Å². The number of hydrogen-bond acceptors (Lipinski definition) is 5. The molecule has 2 aromatic rings. The largest absolute Gasteiger partial charge is 0.365 e. The molecule has 8 heteroatoms. The Bertz CT molecular complexity index is 775. The highest BCUT2D eigenvalue weighted by Gasteiger charge is 2.29. The van der Waals surface area contributed by atoms with Gasteiger partial charge in [-0.2, -0.15) is 0 Å². The minimum Gasteiger partial charge on any atom is -0.365 e. The number of nitrogens with one attached hydrogen (secondary N) is 1. The van der Waals surface area contributed by atoms with E-state index in [9.17, 15) is 13.2 Å². The number of hydrogen-bond donors (Lipinski definition) is 1. The van der Waals surface area contributed by atoms with Gasteiger partial charge in [-0.3, -0.25) is 0 Å². The third-order valence-corrected chi connectivity index (χ3v) is 4.16. The number of benzene rings is 1. The molecule has 1 aliphatic rings. The predicted octanol–water partition coefficient (Wildman–Crippen LogP) is 3.95. The number of aryl methyl sites for hydroxylation is 1. The lowest BCUT2D eigenvalue weighted by Crippen LogP contribution is -2.15. The van der Waals surface area contributed by atoms with E-state index in [4.69, 9.17) is 9.47 Å². The molecule has 0 saturated carbocycles. The van der Waals surface area contributed by atoms with Crippen molar-refractivity contribution in [2.75, 3.05) is 18.5 Å². The van der Waals surface area contributed by atoms with Crippen molar-refractivity contribution in [3.8, 4) is 0 Å². The molecule has 1 saturated heterocycles. The Hall–Kier alpha value is -2.19. The molecular weight excluding hydrogens is 347 g/mol. The van der Waals surface area contributed by atoms with E-state index >= 15 is 0 Å². The Labute approximate surface area is 149 Å². The van der Waals surface area contributed by atoms with Gasteiger partial charge in [0, 0.05) is 19.0 Å². The first-order chi connectivity index (χ1) is 12.4. The van der Waals surface area contributed by atoms with Crippen molar-refractivity contribution in [2.24, 2.45) is 0 Å². The summed E-state index contributed by atoms with van der Waals surface area (Å²) < 4.78 is 52.5. The van der Waals surface area contributed by atoms with Crippen molar-refractivity contribution in [3.05, 3.63) is 52.7 Å². The van der Waals surface area contributed by atoms with Crippen LogP contribution in [-0.2, 0) is 28.4 Å². The first-order valence-electron chi connectivity index (χ1n) is 8.38. The lowest BCUT2D eigenvalue weighted by atomic mass is 10.0. The van der Waals surface area contributed by atoms with Crippen LogP contribution in [0.3, 0.4) is 0 Å². The summed E-state index contributed by atoms with van der Waals surface area (Å²) >= 11 is 0. The summed E-state index contributed by atoms with van der Waals surface area (Å²) in [6.45, 7) is 3.54. The van der Waals surface area contributed by atoms with Crippen molar-refractivity contribution in [1.29, 1.82) is 0 Å². The van der Waals surface area contributed by atoms with Gasteiger partial charge in [0.15, 0.2) is 6.29 Å². The number of nitrogens with zero attached hydrogens (tertiary/aromatic N) is 2. The van der Waals surface area contributed by atoms with Gasteiger partial charge in [0.25, 0.3) is 5.92 Å². The molecule has 26 heavy (non-hydrogen) atoms. The Morgan fingerprint density at radius 3 is 2.62 bits per heavy atom. The Morgan fingerprint density at radius 2 is 1.96 bits per heavy atom. The van der Waals surface area contributed by atoms with Crippen molar-refractivity contribution in [1.82, 2.24) is 9.97 Å². The second kappa shape index (κ2) is 7.59. The van der Waals surface area contributed by atoms with Crippen LogP contribution >= 0.6 is 0 Å². The maximum atomic E-state index is 14.4. The molecule has 5 nitrogen and oxygen atoms in total. The van der Waals surface area contributed by atoms with Crippen LogP contribution in [0.1, 0.15) is 42.5 Å². The van der Waals surface area contributed by atoms with Gasteiger partial charge >= 0.3 is 0 Å². The molecule has 0 unspecified atom stereocenters. The summed E-state index contributed by atoms with van der Waals surface area (Å²) in [6.07, 6.45) is 1.44. The van der Waals surface area contributed by atoms with Gasteiger partial charge in [0.05, 0.1) is 30.0 Å². The van der Waals surface area contributed by atoms with Gasteiger partial charge in [-0.1, -0.05) is 25.1 Å². The Balaban J connectivity index is 1.87. The first-order valence-corrected chi connectivity index (χ1v) is 8.38. The normalized spacial score (nSPS) is 15.4. The van der Waals surface area contributed by atoms with Gasteiger partial charge in [0.2, 0.25) is 0 Å². The molecule has 0 bridgehead atoms. The lowest BCUT2D eigenvalue weighted by molar-refractivity contribution is -0.0446. The number of anilines is 1. The Kier molecular flexibility index (Phi) is 5.43. The summed E-state index contributed by atoms with van der Waals surface area (Å²) in [5, 5.41) is 3.00. The molecule has 1 aromatic carbocycles. The van der Waals surface area contributed by atoms with E-state index in [0.717, 1.165) is 11.8 Å². The van der Waals surface area contributed by atoms with E-state index in [1.807, 2.05) is 6.92 Å². The van der Waals surface area contributed by atoms with Gasteiger partial charge in [-0.05, 0) is 6.42 Å². The van der Waals surface area contributed by atoms with Crippen LogP contribution in [0, 0.1) is 5.82 Å². The maximum Gasteiger partial charge on any atom is 0.273 e. The van der Waals surface area contributed by atoms with Gasteiger partial charge < -0.3 is 14.8 Å². The van der Waals surface area contributed by atoms with Crippen molar-refractivity contribution in [2.45, 2.75) is 39.0 Å². The van der Waals surface area contributed by atoms with Crippen LogP contribution < -0.4 is 5.32 Å². The smallest absolute Gasteiger partial charge is 0.273 e. The zero-order valence-electron chi connectivity index (χ0n) is 14.6. The van der Waals surface area contributed by atoms with Crippen LogP contribution in [-0.4, -0.2) is 23.2 Å². The third-order valence-electron chi connectivity index (χ3n) is 4.16. The number of rotatable bonds is 6. The van der Waals surface area contributed by atoms with Crippen LogP contribution in [0.2, 0.25) is 0 Å². The van der Waals surface area contributed by atoms with E-state index in [1.165, 1.54) is 18.5 Å². The number of aromatic nitrogens is 2. The second-order valence-corrected chi connectivity index (χ2v) is 6.03. The fourth-order valence-electron chi connectivity index (χ4n) is 2.86. The molecule has 0 aliphatic carbocycles. The van der Waals surface area contributed by atoms with E-state index in [2.05, 4.69) is 15.3 Å². The maximum absolute atomic E-state index is 14.4. The topological polar surface area (TPSA) is 56.3 Å². The van der Waals surface area contributed by atoms with Gasteiger partial charge in [-0.25, -0.2) is 23.1 Å². The fourth-order valence-corrected chi connectivity index (χ4v) is 2.86. The lowest BCUT2D eigenvalue weighted by Gasteiger charge is -2.18. The van der Waals surface area contributed by atoms with Crippen LogP contribution in [0.15, 0.2) is 24.5 Å². The van der Waals surface area contributed by atoms with E-state index in [-0.39, 0.29) is 12.1 Å². The van der Waals surface area contributed by atoms with Crippen LogP contribution in [0.4, 0.5) is 19.0 Å². The fraction of sp³-hybridized carbons (Fsp3) is 0.444. The van der Waals surface area contributed by atoms with Gasteiger partial charge in [-0.15, -0.1) is 0 Å². The number of halogens is 3. The molecular formula is C18H20F3N3O2. The van der Waals surface area contributed by atoms with E-state index < -0.39 is 23.6 Å². The van der Waals surface area contributed by atoms with E-state index in [0.29, 0.717) is 37.9 Å². The second-order valence-electron chi connectivity index (χ2n) is 6.03. The van der Waals surface area contributed by atoms with Gasteiger partial charge in [0.1, 0.15) is 18.0 Å². The molecule has 0 radical (unpaired) electrons. The molecule has 1 aliphatic heterocycles. The molecule has 3 rings (SSSR count). The van der Waals surface area contributed by atoms with E-state index in [1.54, 1.807) is 0 Å². The zero-order valence-corrected chi connectivity index (χ0v) is 14.6. The molecule has 1 fully saturated rings. The molecule has 0 atom stereocenters. The first kappa shape index (κ1) is 18.6. The molecule has 1 aromatic heterocycles. The van der Waals surface area contributed by atoms with Crippen molar-refractivity contribution >= 4 is 5.82 Å². The summed E-state index contributed by atoms with van der Waals surface area (Å²) in [5.74, 6) is -3.73. The average Bonchev–Trinajstić information content (AvgIpc) is 3.13. The molecule has 140 valence electrons. The minimum absolute atomic E-state index is 0.00432. The third kappa shape index (κ3) is 3.81. The molecule has 2 heterocycles. The number of alkyl halides is 2. The average molecular weight is 367 g/mol. The van der Waals surface area contributed by atoms with Crippen molar-refractivity contribution in [3.63, 3.8) is 0 Å². The monoisotopic (exact) mass is 367 g/mol. The summed E-state index contributed by atoms with van der Waals surface area (Å²) in [7, 11) is 0.